The first-order valence-corrected chi connectivity index (χ1v) is 9.37. The second kappa shape index (κ2) is 8.70. The van der Waals surface area contributed by atoms with Gasteiger partial charge in [0.15, 0.2) is 0 Å². The molecule has 0 saturated carbocycles. The normalized spacial score (nSPS) is 16.9. The second-order valence-electron chi connectivity index (χ2n) is 6.79. The van der Waals surface area contributed by atoms with Crippen LogP contribution in [-0.2, 0) is 11.2 Å². The Labute approximate surface area is 150 Å². The predicted molar refractivity (Wildman–Crippen MR) is 102 cm³/mol. The Kier molecular flexibility index (Phi) is 6.10. The van der Waals surface area contributed by atoms with Gasteiger partial charge in [-0.3, -0.25) is 4.90 Å². The van der Waals surface area contributed by atoms with Crippen LogP contribution in [0.2, 0.25) is 0 Å². The maximum Gasteiger partial charge on any atom is 0.414 e. The first-order chi connectivity index (χ1) is 12.3. The SMILES string of the molecule is CCCCCCC1CN(c2ccc(Cc3ccccc3)cc2)C(=O)O1. The molecule has 2 aromatic rings. The van der Waals surface area contributed by atoms with E-state index in [-0.39, 0.29) is 12.2 Å². The summed E-state index contributed by atoms with van der Waals surface area (Å²) in [6.45, 7) is 2.88. The van der Waals surface area contributed by atoms with Crippen molar-refractivity contribution < 1.29 is 9.53 Å². The Morgan fingerprint density at radius 2 is 1.68 bits per heavy atom. The average Bonchev–Trinajstić information content (AvgIpc) is 3.01. The third-order valence-corrected chi connectivity index (χ3v) is 4.75. The minimum absolute atomic E-state index is 0.0355. The van der Waals surface area contributed by atoms with E-state index in [4.69, 9.17) is 4.74 Å². The highest BCUT2D eigenvalue weighted by Gasteiger charge is 2.31. The van der Waals surface area contributed by atoms with Gasteiger partial charge in [0, 0.05) is 5.69 Å². The van der Waals surface area contributed by atoms with Crippen molar-refractivity contribution in [2.24, 2.45) is 0 Å². The lowest BCUT2D eigenvalue weighted by molar-refractivity contribution is 0.135. The van der Waals surface area contributed by atoms with Crippen molar-refractivity contribution in [1.29, 1.82) is 0 Å². The Balaban J connectivity index is 1.56. The topological polar surface area (TPSA) is 29.5 Å². The molecule has 1 heterocycles. The lowest BCUT2D eigenvalue weighted by Crippen LogP contribution is -2.24. The second-order valence-corrected chi connectivity index (χ2v) is 6.79. The molecular weight excluding hydrogens is 310 g/mol. The summed E-state index contributed by atoms with van der Waals surface area (Å²) < 4.78 is 5.52. The highest BCUT2D eigenvalue weighted by molar-refractivity contribution is 5.89. The molecule has 1 unspecified atom stereocenters. The number of carbonyl (C=O) groups is 1. The van der Waals surface area contributed by atoms with Crippen molar-refractivity contribution in [2.45, 2.75) is 51.6 Å². The molecule has 1 amide bonds. The Morgan fingerprint density at radius 3 is 2.40 bits per heavy atom. The summed E-state index contributed by atoms with van der Waals surface area (Å²) in [7, 11) is 0. The van der Waals surface area contributed by atoms with Crippen LogP contribution in [0.5, 0.6) is 0 Å². The standard InChI is InChI=1S/C22H27NO2/c1-2-3-4-8-11-21-17-23(22(24)25-21)20-14-12-19(13-15-20)16-18-9-6-5-7-10-18/h5-7,9-10,12-15,21H,2-4,8,11,16-17H2,1H3. The molecule has 1 aliphatic rings. The maximum absolute atomic E-state index is 12.2. The van der Waals surface area contributed by atoms with Gasteiger partial charge in [0.2, 0.25) is 0 Å². The number of hydrogen-bond acceptors (Lipinski definition) is 2. The molecule has 1 aliphatic heterocycles. The molecule has 0 N–H and O–H groups in total. The zero-order valence-corrected chi connectivity index (χ0v) is 15.0. The minimum Gasteiger partial charge on any atom is -0.444 e. The number of benzene rings is 2. The first kappa shape index (κ1) is 17.5. The van der Waals surface area contributed by atoms with Gasteiger partial charge in [0.1, 0.15) is 6.10 Å². The number of anilines is 1. The van der Waals surface area contributed by atoms with Crippen molar-refractivity contribution in [2.75, 3.05) is 11.4 Å². The smallest absolute Gasteiger partial charge is 0.414 e. The number of hydrogen-bond donors (Lipinski definition) is 0. The van der Waals surface area contributed by atoms with Gasteiger partial charge in [-0.15, -0.1) is 0 Å². The molecule has 3 nitrogen and oxygen atoms in total. The van der Waals surface area contributed by atoms with E-state index in [0.29, 0.717) is 6.54 Å². The highest BCUT2D eigenvalue weighted by atomic mass is 16.6. The zero-order chi connectivity index (χ0) is 17.5. The molecule has 3 heteroatoms. The number of ether oxygens (including phenoxy) is 1. The number of unbranched alkanes of at least 4 members (excludes halogenated alkanes) is 3. The summed E-state index contributed by atoms with van der Waals surface area (Å²) >= 11 is 0. The van der Waals surface area contributed by atoms with E-state index in [0.717, 1.165) is 24.9 Å². The van der Waals surface area contributed by atoms with Gasteiger partial charge < -0.3 is 4.74 Å². The summed E-state index contributed by atoms with van der Waals surface area (Å²) in [5, 5.41) is 0. The third kappa shape index (κ3) is 4.85. The number of carbonyl (C=O) groups excluding carboxylic acids is 1. The molecule has 0 radical (unpaired) electrons. The summed E-state index contributed by atoms with van der Waals surface area (Å²) in [5.41, 5.74) is 3.47. The van der Waals surface area contributed by atoms with Gasteiger partial charge in [-0.05, 0) is 42.5 Å². The van der Waals surface area contributed by atoms with Crippen molar-refractivity contribution >= 4 is 11.8 Å². The van der Waals surface area contributed by atoms with Crippen LogP contribution in [0.1, 0.15) is 50.2 Å². The summed E-state index contributed by atoms with van der Waals surface area (Å²) in [6, 6.07) is 18.7. The molecule has 1 atom stereocenters. The molecule has 0 aromatic heterocycles. The van der Waals surface area contributed by atoms with Crippen LogP contribution in [-0.4, -0.2) is 18.7 Å². The van der Waals surface area contributed by atoms with E-state index in [2.05, 4.69) is 43.3 Å². The van der Waals surface area contributed by atoms with Gasteiger partial charge >= 0.3 is 6.09 Å². The van der Waals surface area contributed by atoms with Crippen LogP contribution in [0.25, 0.3) is 0 Å². The summed E-state index contributed by atoms with van der Waals surface area (Å²) in [6.07, 6.45) is 6.54. The summed E-state index contributed by atoms with van der Waals surface area (Å²) in [4.78, 5) is 13.9. The van der Waals surface area contributed by atoms with Crippen LogP contribution in [0.15, 0.2) is 54.6 Å². The van der Waals surface area contributed by atoms with Crippen molar-refractivity contribution in [3.8, 4) is 0 Å². The number of amides is 1. The predicted octanol–water partition coefficient (Wildman–Crippen LogP) is 5.57. The van der Waals surface area contributed by atoms with E-state index in [1.54, 1.807) is 4.90 Å². The summed E-state index contributed by atoms with van der Waals surface area (Å²) in [5.74, 6) is 0. The van der Waals surface area contributed by atoms with Crippen LogP contribution in [0.4, 0.5) is 10.5 Å². The Morgan fingerprint density at radius 1 is 0.960 bits per heavy atom. The number of cyclic esters (lactones) is 1. The first-order valence-electron chi connectivity index (χ1n) is 9.37. The lowest BCUT2D eigenvalue weighted by Gasteiger charge is -2.13. The Bertz CT molecular complexity index is 666. The van der Waals surface area contributed by atoms with E-state index in [9.17, 15) is 4.79 Å². The van der Waals surface area contributed by atoms with Crippen LogP contribution in [0.3, 0.4) is 0 Å². The quantitative estimate of drug-likeness (QED) is 0.589. The Hall–Kier alpha value is -2.29. The zero-order valence-electron chi connectivity index (χ0n) is 15.0. The molecule has 25 heavy (non-hydrogen) atoms. The van der Waals surface area contributed by atoms with Crippen LogP contribution in [0, 0.1) is 0 Å². The number of nitrogens with zero attached hydrogens (tertiary/aromatic N) is 1. The van der Waals surface area contributed by atoms with E-state index in [1.165, 1.54) is 30.4 Å². The maximum atomic E-state index is 12.2. The molecule has 132 valence electrons. The molecule has 1 saturated heterocycles. The third-order valence-electron chi connectivity index (χ3n) is 4.75. The van der Waals surface area contributed by atoms with Crippen LogP contribution < -0.4 is 4.90 Å². The van der Waals surface area contributed by atoms with Gasteiger partial charge in [0.25, 0.3) is 0 Å². The molecule has 0 spiro atoms. The molecule has 3 rings (SSSR count). The molecular formula is C22H27NO2. The number of rotatable bonds is 8. The minimum atomic E-state index is -0.212. The van der Waals surface area contributed by atoms with Gasteiger partial charge in [-0.2, -0.15) is 0 Å². The van der Waals surface area contributed by atoms with Gasteiger partial charge in [-0.25, -0.2) is 4.79 Å². The fourth-order valence-electron chi connectivity index (χ4n) is 3.31. The van der Waals surface area contributed by atoms with Crippen molar-refractivity contribution in [1.82, 2.24) is 0 Å². The molecule has 2 aromatic carbocycles. The van der Waals surface area contributed by atoms with E-state index in [1.807, 2.05) is 18.2 Å². The largest absolute Gasteiger partial charge is 0.444 e. The molecule has 0 bridgehead atoms. The van der Waals surface area contributed by atoms with Crippen molar-refractivity contribution in [3.63, 3.8) is 0 Å². The fourth-order valence-corrected chi connectivity index (χ4v) is 3.31. The van der Waals surface area contributed by atoms with E-state index >= 15 is 0 Å². The monoisotopic (exact) mass is 337 g/mol. The van der Waals surface area contributed by atoms with Gasteiger partial charge in [-0.1, -0.05) is 68.7 Å². The molecule has 1 fully saturated rings. The average molecular weight is 337 g/mol. The van der Waals surface area contributed by atoms with E-state index < -0.39 is 0 Å². The fraction of sp³-hybridized carbons (Fsp3) is 0.409. The highest BCUT2D eigenvalue weighted by Crippen LogP contribution is 2.25. The van der Waals surface area contributed by atoms with Crippen molar-refractivity contribution in [3.05, 3.63) is 65.7 Å². The molecule has 0 aliphatic carbocycles. The van der Waals surface area contributed by atoms with Crippen LogP contribution >= 0.6 is 0 Å². The lowest BCUT2D eigenvalue weighted by atomic mass is 10.0. The van der Waals surface area contributed by atoms with Gasteiger partial charge in [0.05, 0.1) is 6.54 Å².